The third-order valence-corrected chi connectivity index (χ3v) is 4.38. The van der Waals surface area contributed by atoms with Crippen LogP contribution in [0, 0.1) is 12.8 Å². The first-order chi connectivity index (χ1) is 9.16. The minimum atomic E-state index is 0.301. The SMILES string of the molecule is Cc1nn(C)c2c1nc(N)n2C1CCOC1C1CC1. The van der Waals surface area contributed by atoms with Crippen LogP contribution in [-0.2, 0) is 11.8 Å². The number of aromatic nitrogens is 4. The average molecular weight is 261 g/mol. The highest BCUT2D eigenvalue weighted by Gasteiger charge is 2.42. The molecule has 2 atom stereocenters. The summed E-state index contributed by atoms with van der Waals surface area (Å²) in [6.45, 7) is 2.80. The number of fused-ring (bicyclic) bond motifs is 1. The smallest absolute Gasteiger partial charge is 0.202 e. The molecule has 6 nitrogen and oxygen atoms in total. The number of hydrogen-bond acceptors (Lipinski definition) is 4. The van der Waals surface area contributed by atoms with Gasteiger partial charge in [0.15, 0.2) is 5.65 Å². The summed E-state index contributed by atoms with van der Waals surface area (Å²) in [6, 6.07) is 0.312. The van der Waals surface area contributed by atoms with Crippen molar-refractivity contribution >= 4 is 17.1 Å². The molecule has 102 valence electrons. The topological polar surface area (TPSA) is 70.9 Å². The Morgan fingerprint density at radius 2 is 2.11 bits per heavy atom. The van der Waals surface area contributed by atoms with Gasteiger partial charge in [0, 0.05) is 13.7 Å². The lowest BCUT2D eigenvalue weighted by Crippen LogP contribution is -2.24. The van der Waals surface area contributed by atoms with E-state index in [9.17, 15) is 0 Å². The van der Waals surface area contributed by atoms with Crippen LogP contribution in [-0.4, -0.2) is 32.0 Å². The Morgan fingerprint density at radius 1 is 1.32 bits per heavy atom. The van der Waals surface area contributed by atoms with Crippen molar-refractivity contribution in [3.8, 4) is 0 Å². The molecule has 1 saturated carbocycles. The van der Waals surface area contributed by atoms with E-state index < -0.39 is 0 Å². The van der Waals surface area contributed by atoms with Crippen molar-refractivity contribution in [1.82, 2.24) is 19.3 Å². The first-order valence-electron chi connectivity index (χ1n) is 6.95. The Kier molecular flexibility index (Phi) is 2.21. The molecule has 2 aromatic heterocycles. The van der Waals surface area contributed by atoms with Crippen LogP contribution in [0.2, 0.25) is 0 Å². The summed E-state index contributed by atoms with van der Waals surface area (Å²) >= 11 is 0. The second-order valence-electron chi connectivity index (χ2n) is 5.75. The van der Waals surface area contributed by atoms with Gasteiger partial charge in [-0.15, -0.1) is 0 Å². The summed E-state index contributed by atoms with van der Waals surface area (Å²) in [5.41, 5.74) is 9.03. The average Bonchev–Trinajstić information content (AvgIpc) is 2.90. The maximum absolute atomic E-state index is 6.15. The maximum atomic E-state index is 6.15. The molecule has 0 radical (unpaired) electrons. The van der Waals surface area contributed by atoms with Gasteiger partial charge in [-0.1, -0.05) is 0 Å². The highest BCUT2D eigenvalue weighted by Crippen LogP contribution is 2.44. The van der Waals surface area contributed by atoms with Gasteiger partial charge >= 0.3 is 0 Å². The van der Waals surface area contributed by atoms with Crippen LogP contribution < -0.4 is 5.73 Å². The fourth-order valence-electron chi connectivity index (χ4n) is 3.39. The third kappa shape index (κ3) is 1.52. The van der Waals surface area contributed by atoms with E-state index in [-0.39, 0.29) is 0 Å². The largest absolute Gasteiger partial charge is 0.376 e. The van der Waals surface area contributed by atoms with Gasteiger partial charge in [0.25, 0.3) is 0 Å². The molecule has 4 rings (SSSR count). The zero-order chi connectivity index (χ0) is 13.1. The van der Waals surface area contributed by atoms with E-state index in [0.29, 0.717) is 24.0 Å². The van der Waals surface area contributed by atoms with Crippen molar-refractivity contribution in [2.45, 2.75) is 38.3 Å². The second-order valence-corrected chi connectivity index (χ2v) is 5.75. The van der Waals surface area contributed by atoms with Gasteiger partial charge in [-0.25, -0.2) is 4.98 Å². The van der Waals surface area contributed by atoms with Crippen LogP contribution in [0.1, 0.15) is 31.0 Å². The number of nitrogens with two attached hydrogens (primary N) is 1. The molecule has 2 fully saturated rings. The van der Waals surface area contributed by atoms with E-state index >= 15 is 0 Å². The van der Waals surface area contributed by atoms with Crippen LogP contribution >= 0.6 is 0 Å². The Hall–Kier alpha value is -1.56. The van der Waals surface area contributed by atoms with E-state index in [4.69, 9.17) is 10.5 Å². The highest BCUT2D eigenvalue weighted by atomic mass is 16.5. The molecule has 2 aliphatic rings. The predicted octanol–water partition coefficient (Wildman–Crippen LogP) is 1.40. The Balaban J connectivity index is 1.87. The Bertz CT molecular complexity index is 639. The fraction of sp³-hybridized carbons (Fsp3) is 0.692. The minimum Gasteiger partial charge on any atom is -0.376 e. The number of rotatable bonds is 2. The van der Waals surface area contributed by atoms with E-state index in [0.717, 1.165) is 29.9 Å². The first-order valence-corrected chi connectivity index (χ1v) is 6.95. The standard InChI is InChI=1S/C13H19N5O/c1-7-10-12(17(2)16-7)18(13(14)15-10)9-5-6-19-11(9)8-3-4-8/h8-9,11H,3-6H2,1-2H3,(H2,14,15). The predicted molar refractivity (Wildman–Crippen MR) is 71.8 cm³/mol. The molecule has 0 bridgehead atoms. The van der Waals surface area contributed by atoms with Crippen molar-refractivity contribution in [1.29, 1.82) is 0 Å². The van der Waals surface area contributed by atoms with E-state index in [2.05, 4.69) is 14.6 Å². The summed E-state index contributed by atoms with van der Waals surface area (Å²) in [7, 11) is 1.95. The Labute approximate surface area is 111 Å². The zero-order valence-electron chi connectivity index (χ0n) is 11.3. The summed E-state index contributed by atoms with van der Waals surface area (Å²) in [4.78, 5) is 4.49. The molecule has 6 heteroatoms. The lowest BCUT2D eigenvalue weighted by molar-refractivity contribution is 0.0760. The quantitative estimate of drug-likeness (QED) is 0.887. The van der Waals surface area contributed by atoms with Crippen LogP contribution in [0.4, 0.5) is 5.95 Å². The molecule has 2 unspecified atom stereocenters. The number of anilines is 1. The van der Waals surface area contributed by atoms with E-state index in [1.54, 1.807) is 0 Å². The molecule has 3 heterocycles. The van der Waals surface area contributed by atoms with E-state index in [1.807, 2.05) is 18.7 Å². The molecular weight excluding hydrogens is 242 g/mol. The van der Waals surface area contributed by atoms with Gasteiger partial charge in [0.2, 0.25) is 5.95 Å². The summed E-state index contributed by atoms with van der Waals surface area (Å²) in [6.07, 6.45) is 3.88. The monoisotopic (exact) mass is 261 g/mol. The molecule has 2 aromatic rings. The number of aryl methyl sites for hydroxylation is 2. The molecule has 1 aliphatic carbocycles. The number of nitrogen functional groups attached to an aromatic ring is 1. The van der Waals surface area contributed by atoms with Gasteiger partial charge in [0.05, 0.1) is 17.8 Å². The van der Waals surface area contributed by atoms with Crippen molar-refractivity contribution in [3.05, 3.63) is 5.69 Å². The van der Waals surface area contributed by atoms with E-state index in [1.165, 1.54) is 12.8 Å². The summed E-state index contributed by atoms with van der Waals surface area (Å²) < 4.78 is 9.96. The molecule has 19 heavy (non-hydrogen) atoms. The molecule has 1 aliphatic heterocycles. The number of ether oxygens (including phenoxy) is 1. The Morgan fingerprint density at radius 3 is 2.84 bits per heavy atom. The van der Waals surface area contributed by atoms with Crippen molar-refractivity contribution < 1.29 is 4.74 Å². The second kappa shape index (κ2) is 3.72. The van der Waals surface area contributed by atoms with Crippen LogP contribution in [0.25, 0.3) is 11.2 Å². The zero-order valence-corrected chi connectivity index (χ0v) is 11.3. The van der Waals surface area contributed by atoms with Crippen LogP contribution in [0.5, 0.6) is 0 Å². The first kappa shape index (κ1) is 11.3. The van der Waals surface area contributed by atoms with Gasteiger partial charge in [-0.3, -0.25) is 9.25 Å². The molecular formula is C13H19N5O. The fourth-order valence-corrected chi connectivity index (χ4v) is 3.39. The lowest BCUT2D eigenvalue weighted by Gasteiger charge is -2.21. The number of hydrogen-bond donors (Lipinski definition) is 1. The molecule has 0 amide bonds. The molecule has 0 aromatic carbocycles. The normalized spacial score (nSPS) is 27.5. The van der Waals surface area contributed by atoms with Gasteiger partial charge < -0.3 is 10.5 Å². The van der Waals surface area contributed by atoms with Crippen molar-refractivity contribution in [2.75, 3.05) is 12.3 Å². The van der Waals surface area contributed by atoms with Gasteiger partial charge in [-0.05, 0) is 32.1 Å². The summed E-state index contributed by atoms with van der Waals surface area (Å²) in [5.74, 6) is 1.30. The maximum Gasteiger partial charge on any atom is 0.202 e. The van der Waals surface area contributed by atoms with Crippen LogP contribution in [0.15, 0.2) is 0 Å². The highest BCUT2D eigenvalue weighted by molar-refractivity contribution is 5.77. The molecule has 2 N–H and O–H groups in total. The van der Waals surface area contributed by atoms with Crippen LogP contribution in [0.3, 0.4) is 0 Å². The minimum absolute atomic E-state index is 0.301. The molecule has 0 spiro atoms. The van der Waals surface area contributed by atoms with Crippen molar-refractivity contribution in [2.24, 2.45) is 13.0 Å². The van der Waals surface area contributed by atoms with Crippen molar-refractivity contribution in [3.63, 3.8) is 0 Å². The number of imidazole rings is 1. The lowest BCUT2D eigenvalue weighted by atomic mass is 10.1. The third-order valence-electron chi connectivity index (χ3n) is 4.38. The molecule has 1 saturated heterocycles. The summed E-state index contributed by atoms with van der Waals surface area (Å²) in [5, 5.41) is 4.45. The van der Waals surface area contributed by atoms with Gasteiger partial charge in [0.1, 0.15) is 5.52 Å². The van der Waals surface area contributed by atoms with Gasteiger partial charge in [-0.2, -0.15) is 5.10 Å². The number of nitrogens with zero attached hydrogens (tertiary/aromatic N) is 4.